The third kappa shape index (κ3) is 4.07. The van der Waals surface area contributed by atoms with E-state index in [1.807, 2.05) is 13.8 Å². The summed E-state index contributed by atoms with van der Waals surface area (Å²) in [5, 5.41) is 6.07. The van der Waals surface area contributed by atoms with Gasteiger partial charge in [0.25, 0.3) is 0 Å². The first-order valence-corrected chi connectivity index (χ1v) is 5.36. The van der Waals surface area contributed by atoms with Crippen molar-refractivity contribution in [2.75, 3.05) is 6.54 Å². The molecule has 1 saturated carbocycles. The third-order valence-corrected chi connectivity index (χ3v) is 2.47. The lowest BCUT2D eigenvalue weighted by Crippen LogP contribution is -2.41. The van der Waals surface area contributed by atoms with Crippen LogP contribution in [0.2, 0.25) is 0 Å². The van der Waals surface area contributed by atoms with Crippen molar-refractivity contribution >= 4 is 5.91 Å². The zero-order valence-electron chi connectivity index (χ0n) is 9.05. The monoisotopic (exact) mass is 199 g/mol. The van der Waals surface area contributed by atoms with E-state index in [0.29, 0.717) is 18.6 Å². The van der Waals surface area contributed by atoms with Crippen molar-refractivity contribution in [3.05, 3.63) is 0 Å². The Morgan fingerprint density at radius 3 is 2.71 bits per heavy atom. The number of rotatable bonds is 4. The molecule has 1 rings (SSSR count). The summed E-state index contributed by atoms with van der Waals surface area (Å²) in [6, 6.07) is 0.971. The molecular formula is C10H21N3O. The van der Waals surface area contributed by atoms with Crippen LogP contribution in [0.5, 0.6) is 0 Å². The minimum atomic E-state index is 0.0699. The van der Waals surface area contributed by atoms with E-state index in [4.69, 9.17) is 5.73 Å². The fourth-order valence-corrected chi connectivity index (χ4v) is 1.81. The Bertz CT molecular complexity index is 194. The van der Waals surface area contributed by atoms with Gasteiger partial charge in [0.2, 0.25) is 5.91 Å². The Labute approximate surface area is 85.6 Å². The first kappa shape index (κ1) is 11.5. The van der Waals surface area contributed by atoms with Crippen molar-refractivity contribution < 1.29 is 4.79 Å². The normalized spacial score (nSPS) is 26.9. The van der Waals surface area contributed by atoms with Gasteiger partial charge >= 0.3 is 0 Å². The molecule has 2 unspecified atom stereocenters. The third-order valence-electron chi connectivity index (χ3n) is 2.47. The Kier molecular flexibility index (Phi) is 4.35. The van der Waals surface area contributed by atoms with Gasteiger partial charge in [-0.05, 0) is 33.1 Å². The van der Waals surface area contributed by atoms with Crippen molar-refractivity contribution in [3.8, 4) is 0 Å². The van der Waals surface area contributed by atoms with E-state index >= 15 is 0 Å². The second-order valence-electron chi connectivity index (χ2n) is 4.37. The highest BCUT2D eigenvalue weighted by molar-refractivity contribution is 5.78. The summed E-state index contributed by atoms with van der Waals surface area (Å²) in [7, 11) is 0. The Balaban J connectivity index is 2.11. The van der Waals surface area contributed by atoms with Gasteiger partial charge in [-0.3, -0.25) is 4.79 Å². The number of nitrogens with two attached hydrogens (primary N) is 1. The fraction of sp³-hybridized carbons (Fsp3) is 0.900. The largest absolute Gasteiger partial charge is 0.353 e. The lowest BCUT2D eigenvalue weighted by atomic mass is 10.2. The summed E-state index contributed by atoms with van der Waals surface area (Å²) < 4.78 is 0. The molecule has 82 valence electrons. The van der Waals surface area contributed by atoms with E-state index in [9.17, 15) is 4.79 Å². The van der Waals surface area contributed by atoms with Crippen LogP contribution in [0.25, 0.3) is 0 Å². The quantitative estimate of drug-likeness (QED) is 0.596. The average molecular weight is 199 g/mol. The molecule has 1 fully saturated rings. The molecule has 4 heteroatoms. The van der Waals surface area contributed by atoms with E-state index in [2.05, 4.69) is 10.6 Å². The zero-order chi connectivity index (χ0) is 10.6. The predicted octanol–water partition coefficient (Wildman–Crippen LogP) is -0.0196. The van der Waals surface area contributed by atoms with Crippen LogP contribution < -0.4 is 16.4 Å². The molecule has 0 saturated heterocycles. The van der Waals surface area contributed by atoms with Crippen LogP contribution in [0.4, 0.5) is 0 Å². The number of hydrogen-bond donors (Lipinski definition) is 3. The molecule has 2 atom stereocenters. The highest BCUT2D eigenvalue weighted by atomic mass is 16.1. The van der Waals surface area contributed by atoms with E-state index in [-0.39, 0.29) is 11.9 Å². The van der Waals surface area contributed by atoms with Crippen molar-refractivity contribution in [1.82, 2.24) is 10.6 Å². The summed E-state index contributed by atoms with van der Waals surface area (Å²) in [5.74, 6) is 0.0699. The minimum Gasteiger partial charge on any atom is -0.353 e. The number of hydrogen-bond acceptors (Lipinski definition) is 3. The van der Waals surface area contributed by atoms with E-state index < -0.39 is 0 Å². The highest BCUT2D eigenvalue weighted by Gasteiger charge is 2.21. The van der Waals surface area contributed by atoms with E-state index in [0.717, 1.165) is 19.3 Å². The first-order chi connectivity index (χ1) is 6.58. The molecule has 0 radical (unpaired) electrons. The van der Waals surface area contributed by atoms with Gasteiger partial charge in [-0.2, -0.15) is 0 Å². The molecule has 0 aromatic heterocycles. The molecule has 14 heavy (non-hydrogen) atoms. The summed E-state index contributed by atoms with van der Waals surface area (Å²) in [6.07, 6.45) is 3.16. The maximum absolute atomic E-state index is 11.3. The standard InChI is InChI=1S/C10H21N3O/c1-7(2)13-10(14)6-12-9-4-3-8(11)5-9/h7-9,12H,3-6,11H2,1-2H3,(H,13,14). The second-order valence-corrected chi connectivity index (χ2v) is 4.37. The molecule has 0 aromatic rings. The van der Waals surface area contributed by atoms with E-state index in [1.165, 1.54) is 0 Å². The van der Waals surface area contributed by atoms with Gasteiger partial charge in [0.1, 0.15) is 0 Å². The average Bonchev–Trinajstić information content (AvgIpc) is 2.47. The van der Waals surface area contributed by atoms with Crippen LogP contribution in [-0.4, -0.2) is 30.6 Å². The zero-order valence-corrected chi connectivity index (χ0v) is 9.05. The van der Waals surface area contributed by atoms with Crippen LogP contribution in [0.15, 0.2) is 0 Å². The van der Waals surface area contributed by atoms with Crippen LogP contribution in [-0.2, 0) is 4.79 Å². The highest BCUT2D eigenvalue weighted by Crippen LogP contribution is 2.16. The SMILES string of the molecule is CC(C)NC(=O)CNC1CCC(N)C1. The Morgan fingerprint density at radius 1 is 1.50 bits per heavy atom. The Hall–Kier alpha value is -0.610. The van der Waals surface area contributed by atoms with Crippen LogP contribution in [0, 0.1) is 0 Å². The smallest absolute Gasteiger partial charge is 0.234 e. The van der Waals surface area contributed by atoms with Gasteiger partial charge in [0.05, 0.1) is 6.54 Å². The topological polar surface area (TPSA) is 67.2 Å². The molecule has 0 aliphatic heterocycles. The molecule has 0 heterocycles. The Morgan fingerprint density at radius 2 is 2.21 bits per heavy atom. The molecule has 0 aromatic carbocycles. The van der Waals surface area contributed by atoms with Crippen molar-refractivity contribution in [1.29, 1.82) is 0 Å². The minimum absolute atomic E-state index is 0.0699. The molecule has 1 aliphatic rings. The van der Waals surface area contributed by atoms with Gasteiger partial charge in [-0.1, -0.05) is 0 Å². The molecule has 4 N–H and O–H groups in total. The first-order valence-electron chi connectivity index (χ1n) is 5.36. The van der Waals surface area contributed by atoms with Crippen molar-refractivity contribution in [2.45, 2.75) is 51.2 Å². The van der Waals surface area contributed by atoms with Gasteiger partial charge in [0, 0.05) is 18.1 Å². The molecule has 0 bridgehead atoms. The number of nitrogens with one attached hydrogen (secondary N) is 2. The lowest BCUT2D eigenvalue weighted by Gasteiger charge is -2.13. The molecule has 1 aliphatic carbocycles. The maximum atomic E-state index is 11.3. The van der Waals surface area contributed by atoms with Crippen LogP contribution >= 0.6 is 0 Å². The van der Waals surface area contributed by atoms with Gasteiger partial charge in [-0.15, -0.1) is 0 Å². The molecule has 4 nitrogen and oxygen atoms in total. The summed E-state index contributed by atoms with van der Waals surface area (Å²) in [4.78, 5) is 11.3. The maximum Gasteiger partial charge on any atom is 0.234 e. The molecular weight excluding hydrogens is 178 g/mol. The van der Waals surface area contributed by atoms with Crippen LogP contribution in [0.3, 0.4) is 0 Å². The number of carbonyl (C=O) groups excluding carboxylic acids is 1. The van der Waals surface area contributed by atoms with Crippen molar-refractivity contribution in [2.24, 2.45) is 5.73 Å². The predicted molar refractivity (Wildman–Crippen MR) is 56.9 cm³/mol. The second kappa shape index (κ2) is 5.32. The summed E-state index contributed by atoms with van der Waals surface area (Å²) in [6.45, 7) is 4.34. The number of carbonyl (C=O) groups is 1. The fourth-order valence-electron chi connectivity index (χ4n) is 1.81. The number of amides is 1. The van der Waals surface area contributed by atoms with Gasteiger partial charge < -0.3 is 16.4 Å². The molecule has 1 amide bonds. The van der Waals surface area contributed by atoms with Gasteiger partial charge in [0.15, 0.2) is 0 Å². The molecule has 0 spiro atoms. The van der Waals surface area contributed by atoms with Gasteiger partial charge in [-0.25, -0.2) is 0 Å². The lowest BCUT2D eigenvalue weighted by molar-refractivity contribution is -0.120. The van der Waals surface area contributed by atoms with E-state index in [1.54, 1.807) is 0 Å². The van der Waals surface area contributed by atoms with Crippen LogP contribution in [0.1, 0.15) is 33.1 Å². The van der Waals surface area contributed by atoms with Crippen molar-refractivity contribution in [3.63, 3.8) is 0 Å². The summed E-state index contributed by atoms with van der Waals surface area (Å²) in [5.41, 5.74) is 5.77. The summed E-state index contributed by atoms with van der Waals surface area (Å²) >= 11 is 0.